The van der Waals surface area contributed by atoms with Crippen molar-refractivity contribution in [2.45, 2.75) is 83.5 Å². The fourth-order valence-electron chi connectivity index (χ4n) is 7.62. The molecular weight excluding hydrogens is 737 g/mol. The highest BCUT2D eigenvalue weighted by Crippen LogP contribution is 2.49. The molecule has 0 amide bonds. The van der Waals surface area contributed by atoms with Gasteiger partial charge in [-0.3, -0.25) is 9.35 Å². The number of anilines is 2. The number of carbonyl (C=O) groups is 1. The predicted octanol–water partition coefficient (Wildman–Crippen LogP) is 6.94. The Hall–Kier alpha value is -3.72. The molecule has 0 aromatic heterocycles. The Morgan fingerprint density at radius 2 is 1.54 bits per heavy atom. The van der Waals surface area contributed by atoms with E-state index in [2.05, 4.69) is 54.9 Å². The summed E-state index contributed by atoms with van der Waals surface area (Å²) in [7, 11) is -4.41. The fourth-order valence-corrected chi connectivity index (χ4v) is 8.13. The predicted molar refractivity (Wildman–Crippen MR) is 218 cm³/mol. The maximum Gasteiger partial charge on any atom is 0.305 e. The third kappa shape index (κ3) is 11.2. The number of allylic oxidation sites excluding steroid dienone is 6. The lowest BCUT2D eigenvalue weighted by Gasteiger charge is -2.37. The van der Waals surface area contributed by atoms with Crippen LogP contribution >= 0.6 is 0 Å². The van der Waals surface area contributed by atoms with Crippen LogP contribution in [0.4, 0.5) is 11.4 Å². The topological polar surface area (TPSA) is 155 Å². The molecule has 13 heteroatoms. The standard InChI is InChI=1S/C43H60N2O10S/c1-42(2,3)17-15-31(35-29-32-10-7-18-44-19-8-11-34(40(32)44)41(35)48)9-6-12-38-43(4,5)36-30-33(56(49,50)51)13-14-37(36)45(38)20-22-53-24-26-55-28-27-54-25-23-52-21-16-39(46)47/h6,9,12-15,29-30,48H,7-8,10-11,16-28H2,1-5H3,(H,46,47)(H,49,50,51)/b9-6+,31-15-,38-12-. The zero-order valence-corrected chi connectivity index (χ0v) is 34.5. The zero-order chi connectivity index (χ0) is 40.5. The van der Waals surface area contributed by atoms with Crippen LogP contribution in [0, 0.1) is 5.41 Å². The average Bonchev–Trinajstić information content (AvgIpc) is 3.34. The molecule has 0 aliphatic carbocycles. The molecule has 12 nitrogen and oxygen atoms in total. The molecule has 0 unspecified atom stereocenters. The summed E-state index contributed by atoms with van der Waals surface area (Å²) in [6.07, 6.45) is 13.1. The number of rotatable bonds is 20. The average molecular weight is 797 g/mol. The van der Waals surface area contributed by atoms with E-state index in [1.165, 1.54) is 17.3 Å². The Kier molecular flexibility index (Phi) is 14.8. The van der Waals surface area contributed by atoms with Gasteiger partial charge in [0.1, 0.15) is 5.75 Å². The Balaban J connectivity index is 1.30. The van der Waals surface area contributed by atoms with Crippen molar-refractivity contribution >= 4 is 33.0 Å². The largest absolute Gasteiger partial charge is 0.507 e. The molecule has 3 heterocycles. The number of phenols is 1. The number of phenolic OH excluding ortho intramolecular Hbond substituents is 1. The third-order valence-electron chi connectivity index (χ3n) is 10.5. The molecule has 56 heavy (non-hydrogen) atoms. The summed E-state index contributed by atoms with van der Waals surface area (Å²) >= 11 is 0. The lowest BCUT2D eigenvalue weighted by Crippen LogP contribution is -2.34. The summed E-state index contributed by atoms with van der Waals surface area (Å²) in [5, 5.41) is 20.4. The van der Waals surface area contributed by atoms with Gasteiger partial charge >= 0.3 is 5.97 Å². The normalized spacial score (nSPS) is 17.5. The maximum atomic E-state index is 12.2. The second kappa shape index (κ2) is 19.1. The molecule has 2 aromatic carbocycles. The van der Waals surface area contributed by atoms with Gasteiger partial charge in [0.15, 0.2) is 0 Å². The van der Waals surface area contributed by atoms with Gasteiger partial charge in [0.25, 0.3) is 10.1 Å². The first-order valence-electron chi connectivity index (χ1n) is 19.7. The van der Waals surface area contributed by atoms with Crippen molar-refractivity contribution < 1.29 is 46.9 Å². The Morgan fingerprint density at radius 1 is 0.911 bits per heavy atom. The number of aryl methyl sites for hydroxylation is 1. The summed E-state index contributed by atoms with van der Waals surface area (Å²) in [6.45, 7) is 16.0. The molecule has 3 aliphatic heterocycles. The maximum absolute atomic E-state index is 12.2. The number of hydrogen-bond donors (Lipinski definition) is 3. The van der Waals surface area contributed by atoms with Crippen LogP contribution in [0.25, 0.3) is 5.57 Å². The quantitative estimate of drug-likeness (QED) is 0.0723. The van der Waals surface area contributed by atoms with Crippen LogP contribution < -0.4 is 9.80 Å². The van der Waals surface area contributed by atoms with Gasteiger partial charge in [-0.1, -0.05) is 52.8 Å². The number of hydrogen-bond acceptors (Lipinski definition) is 10. The molecule has 0 saturated heterocycles. The molecule has 3 aliphatic rings. The molecule has 308 valence electrons. The third-order valence-corrected chi connectivity index (χ3v) is 11.3. The summed E-state index contributed by atoms with van der Waals surface area (Å²) < 4.78 is 56.4. The van der Waals surface area contributed by atoms with Crippen molar-refractivity contribution in [2.75, 3.05) is 82.3 Å². The van der Waals surface area contributed by atoms with Crippen LogP contribution in [0.2, 0.25) is 0 Å². The van der Waals surface area contributed by atoms with Gasteiger partial charge in [0, 0.05) is 53.2 Å². The minimum absolute atomic E-state index is 0.0347. The molecule has 5 rings (SSSR count). The van der Waals surface area contributed by atoms with Crippen LogP contribution in [0.1, 0.15) is 82.6 Å². The van der Waals surface area contributed by atoms with Crippen LogP contribution in [0.5, 0.6) is 5.75 Å². The Bertz CT molecular complexity index is 1890. The zero-order valence-electron chi connectivity index (χ0n) is 33.6. The first-order valence-corrected chi connectivity index (χ1v) is 21.2. The van der Waals surface area contributed by atoms with Crippen LogP contribution in [-0.4, -0.2) is 102 Å². The number of benzene rings is 2. The van der Waals surface area contributed by atoms with Gasteiger partial charge in [-0.15, -0.1) is 0 Å². The van der Waals surface area contributed by atoms with Gasteiger partial charge in [-0.05, 0) is 84.6 Å². The molecule has 0 fully saturated rings. The van der Waals surface area contributed by atoms with Crippen molar-refractivity contribution in [1.82, 2.24) is 0 Å². The first-order chi connectivity index (χ1) is 26.6. The summed E-state index contributed by atoms with van der Waals surface area (Å²) in [6, 6.07) is 6.90. The number of carboxylic acids is 1. The number of carboxylic acid groups (broad SMARTS) is 1. The molecule has 0 saturated carbocycles. The van der Waals surface area contributed by atoms with E-state index in [4.69, 9.17) is 24.1 Å². The van der Waals surface area contributed by atoms with Crippen LogP contribution in [-0.2, 0) is 52.1 Å². The number of aromatic hydroxyl groups is 1. The van der Waals surface area contributed by atoms with Gasteiger partial charge in [-0.25, -0.2) is 0 Å². The van der Waals surface area contributed by atoms with Crippen molar-refractivity contribution in [3.8, 4) is 5.75 Å². The molecule has 2 aromatic rings. The van der Waals surface area contributed by atoms with E-state index < -0.39 is 21.5 Å². The summed E-state index contributed by atoms with van der Waals surface area (Å²) in [5.41, 5.74) is 7.40. The van der Waals surface area contributed by atoms with Gasteiger partial charge in [0.05, 0.1) is 64.2 Å². The SMILES string of the molecule is CC(C)(C)C/C=C(/C=C/C=C1\N(CCOCCOCCOCCOCCC(=O)O)c2ccc(S(=O)(=O)O)cc2C1(C)C)c1cc2c3c(c1O)CCCN3CCC2. The highest BCUT2D eigenvalue weighted by Gasteiger charge is 2.40. The van der Waals surface area contributed by atoms with Crippen molar-refractivity contribution in [3.63, 3.8) is 0 Å². The number of aliphatic carboxylic acids is 1. The van der Waals surface area contributed by atoms with E-state index in [1.807, 2.05) is 19.9 Å². The van der Waals surface area contributed by atoms with Crippen LogP contribution in [0.3, 0.4) is 0 Å². The fraction of sp³-hybridized carbons (Fsp3) is 0.558. The van der Waals surface area contributed by atoms with E-state index in [1.54, 1.807) is 12.1 Å². The van der Waals surface area contributed by atoms with E-state index in [0.717, 1.165) is 78.8 Å². The molecule has 0 radical (unpaired) electrons. The van der Waals surface area contributed by atoms with Crippen molar-refractivity contribution in [3.05, 3.63) is 76.5 Å². The highest BCUT2D eigenvalue weighted by molar-refractivity contribution is 7.85. The highest BCUT2D eigenvalue weighted by atomic mass is 32.2. The monoisotopic (exact) mass is 796 g/mol. The van der Waals surface area contributed by atoms with E-state index in [9.17, 15) is 22.9 Å². The van der Waals surface area contributed by atoms with Crippen molar-refractivity contribution in [1.29, 1.82) is 0 Å². The minimum atomic E-state index is -4.41. The lowest BCUT2D eigenvalue weighted by molar-refractivity contribution is -0.138. The summed E-state index contributed by atoms with van der Waals surface area (Å²) in [5.74, 6) is -0.527. The minimum Gasteiger partial charge on any atom is -0.507 e. The second-order valence-corrected chi connectivity index (χ2v) is 17.7. The first kappa shape index (κ1) is 43.4. The number of ether oxygens (including phenoxy) is 4. The molecular formula is C43H60N2O10S. The van der Waals surface area contributed by atoms with E-state index in [0.29, 0.717) is 58.5 Å². The number of nitrogens with zero attached hydrogens (tertiary/aromatic N) is 2. The van der Waals surface area contributed by atoms with E-state index in [-0.39, 0.29) is 23.3 Å². The Morgan fingerprint density at radius 3 is 2.16 bits per heavy atom. The summed E-state index contributed by atoms with van der Waals surface area (Å²) in [4.78, 5) is 14.9. The molecule has 0 atom stereocenters. The van der Waals surface area contributed by atoms with Gasteiger partial charge < -0.3 is 39.0 Å². The van der Waals surface area contributed by atoms with Crippen molar-refractivity contribution in [2.24, 2.45) is 5.41 Å². The van der Waals surface area contributed by atoms with E-state index >= 15 is 0 Å². The smallest absolute Gasteiger partial charge is 0.305 e. The van der Waals surface area contributed by atoms with Gasteiger partial charge in [0.2, 0.25) is 0 Å². The molecule has 0 bridgehead atoms. The number of fused-ring (bicyclic) bond motifs is 1. The van der Waals surface area contributed by atoms with Gasteiger partial charge in [-0.2, -0.15) is 8.42 Å². The lowest BCUT2D eigenvalue weighted by atomic mass is 9.83. The Labute approximate surface area is 332 Å². The van der Waals surface area contributed by atoms with Crippen LogP contribution in [0.15, 0.2) is 59.2 Å². The molecule has 0 spiro atoms. The second-order valence-electron chi connectivity index (χ2n) is 16.3. The molecule has 3 N–H and O–H groups in total.